The molecule has 0 radical (unpaired) electrons. The first-order valence-corrected chi connectivity index (χ1v) is 8.90. The zero-order valence-corrected chi connectivity index (χ0v) is 15.5. The maximum atomic E-state index is 13.0. The number of nitrogens with one attached hydrogen (secondary N) is 1. The molecule has 7 nitrogen and oxygen atoms in total. The first kappa shape index (κ1) is 18.7. The van der Waals surface area contributed by atoms with Crippen LogP contribution in [0.4, 0.5) is 5.69 Å². The van der Waals surface area contributed by atoms with E-state index in [0.717, 1.165) is 0 Å². The summed E-state index contributed by atoms with van der Waals surface area (Å²) in [5, 5.41) is 2.81. The summed E-state index contributed by atoms with van der Waals surface area (Å²) in [7, 11) is 1.54. The molecule has 1 aromatic rings. The topological polar surface area (TPSA) is 77.1 Å². The van der Waals surface area contributed by atoms with Crippen LogP contribution in [0, 0.1) is 5.41 Å². The van der Waals surface area contributed by atoms with Crippen molar-refractivity contribution in [3.8, 4) is 5.75 Å². The van der Waals surface area contributed by atoms with Crippen molar-refractivity contribution in [1.29, 1.82) is 0 Å². The van der Waals surface area contributed by atoms with Gasteiger partial charge >= 0.3 is 0 Å². The molecule has 1 spiro atoms. The third-order valence-electron chi connectivity index (χ3n) is 5.08. The third kappa shape index (κ3) is 3.54. The zero-order chi connectivity index (χ0) is 18.8. The lowest BCUT2D eigenvalue weighted by molar-refractivity contribution is -0.189. The van der Waals surface area contributed by atoms with E-state index in [9.17, 15) is 9.59 Å². The van der Waals surface area contributed by atoms with Crippen molar-refractivity contribution in [3.63, 3.8) is 0 Å². The van der Waals surface area contributed by atoms with Gasteiger partial charge in [-0.25, -0.2) is 0 Å². The molecule has 1 N–H and O–H groups in total. The zero-order valence-electron chi connectivity index (χ0n) is 15.5. The average Bonchev–Trinajstić information content (AvgIpc) is 3.10. The van der Waals surface area contributed by atoms with Crippen LogP contribution < -0.4 is 10.1 Å². The summed E-state index contributed by atoms with van der Waals surface area (Å²) in [4.78, 5) is 27.5. The Morgan fingerprint density at radius 2 is 1.77 bits per heavy atom. The molecule has 3 rings (SSSR count). The Balaban J connectivity index is 1.65. The van der Waals surface area contributed by atoms with E-state index in [0.29, 0.717) is 50.6 Å². The predicted octanol–water partition coefficient (Wildman–Crippen LogP) is 2.03. The highest BCUT2D eigenvalue weighted by Crippen LogP contribution is 2.33. The summed E-state index contributed by atoms with van der Waals surface area (Å²) in [6.45, 7) is 5.52. The molecule has 26 heavy (non-hydrogen) atoms. The third-order valence-corrected chi connectivity index (χ3v) is 5.08. The van der Waals surface area contributed by atoms with Gasteiger partial charge in [0.15, 0.2) is 5.79 Å². The average molecular weight is 362 g/mol. The fraction of sp³-hybridized carbons (Fsp3) is 0.579. The number of anilines is 1. The Kier molecular flexibility index (Phi) is 5.20. The molecule has 2 aliphatic rings. The van der Waals surface area contributed by atoms with Crippen LogP contribution in [-0.2, 0) is 19.1 Å². The van der Waals surface area contributed by atoms with Crippen molar-refractivity contribution < 1.29 is 23.8 Å². The number of amides is 2. The maximum absolute atomic E-state index is 13.0. The summed E-state index contributed by atoms with van der Waals surface area (Å²) in [6.07, 6.45) is 1.26. The standard InChI is InChI=1S/C19H26N2O5/c1-18(2,16(22)20-14-6-4-5-7-15(14)24-3)17(23)21-10-8-19(9-11-21)25-12-13-26-19/h4-7H,8-13H2,1-3H3,(H,20,22). The molecule has 2 heterocycles. The SMILES string of the molecule is COc1ccccc1NC(=O)C(C)(C)C(=O)N1CCC2(CC1)OCCO2. The number of para-hydroxylation sites is 2. The highest BCUT2D eigenvalue weighted by Gasteiger charge is 2.45. The van der Waals surface area contributed by atoms with E-state index in [1.807, 2.05) is 6.07 Å². The highest BCUT2D eigenvalue weighted by molar-refractivity contribution is 6.10. The van der Waals surface area contributed by atoms with Crippen molar-refractivity contribution in [2.24, 2.45) is 5.41 Å². The Morgan fingerprint density at radius 1 is 1.15 bits per heavy atom. The quantitative estimate of drug-likeness (QED) is 0.830. The van der Waals surface area contributed by atoms with Gasteiger partial charge in [0.1, 0.15) is 11.2 Å². The molecular formula is C19H26N2O5. The summed E-state index contributed by atoms with van der Waals surface area (Å²) >= 11 is 0. The molecular weight excluding hydrogens is 336 g/mol. The van der Waals surface area contributed by atoms with Crippen LogP contribution in [0.1, 0.15) is 26.7 Å². The van der Waals surface area contributed by atoms with Gasteiger partial charge in [-0.1, -0.05) is 12.1 Å². The van der Waals surface area contributed by atoms with Crippen molar-refractivity contribution in [2.75, 3.05) is 38.7 Å². The maximum Gasteiger partial charge on any atom is 0.239 e. The van der Waals surface area contributed by atoms with Crippen LogP contribution in [0.5, 0.6) is 5.75 Å². The van der Waals surface area contributed by atoms with Crippen molar-refractivity contribution in [1.82, 2.24) is 4.90 Å². The van der Waals surface area contributed by atoms with Gasteiger partial charge in [0, 0.05) is 25.9 Å². The molecule has 0 unspecified atom stereocenters. The number of carbonyl (C=O) groups excluding carboxylic acids is 2. The number of benzene rings is 1. The number of hydrogen-bond donors (Lipinski definition) is 1. The predicted molar refractivity (Wildman–Crippen MR) is 95.9 cm³/mol. The van der Waals surface area contributed by atoms with Gasteiger partial charge in [-0.15, -0.1) is 0 Å². The molecule has 0 atom stereocenters. The number of likely N-dealkylation sites (tertiary alicyclic amines) is 1. The van der Waals surface area contributed by atoms with Crippen LogP contribution in [0.15, 0.2) is 24.3 Å². The van der Waals surface area contributed by atoms with Gasteiger partial charge in [0.2, 0.25) is 11.8 Å². The Hall–Kier alpha value is -2.12. The van der Waals surface area contributed by atoms with Crippen LogP contribution in [-0.4, -0.2) is 55.9 Å². The minimum atomic E-state index is -1.19. The molecule has 0 saturated carbocycles. The van der Waals surface area contributed by atoms with E-state index >= 15 is 0 Å². The Morgan fingerprint density at radius 3 is 2.38 bits per heavy atom. The number of ether oxygens (including phenoxy) is 3. The van der Waals surface area contributed by atoms with Crippen LogP contribution >= 0.6 is 0 Å². The van der Waals surface area contributed by atoms with Gasteiger partial charge in [0.05, 0.1) is 26.0 Å². The summed E-state index contributed by atoms with van der Waals surface area (Å²) in [6, 6.07) is 7.13. The highest BCUT2D eigenvalue weighted by atomic mass is 16.7. The van der Waals surface area contributed by atoms with Gasteiger partial charge < -0.3 is 24.4 Å². The summed E-state index contributed by atoms with van der Waals surface area (Å²) < 4.78 is 16.6. The number of rotatable bonds is 4. The van der Waals surface area contributed by atoms with E-state index in [4.69, 9.17) is 14.2 Å². The minimum absolute atomic E-state index is 0.197. The lowest BCUT2D eigenvalue weighted by atomic mass is 9.88. The largest absolute Gasteiger partial charge is 0.495 e. The molecule has 142 valence electrons. The lowest BCUT2D eigenvalue weighted by Gasteiger charge is -2.40. The first-order chi connectivity index (χ1) is 12.4. The molecule has 0 bridgehead atoms. The second kappa shape index (κ2) is 7.25. The number of methoxy groups -OCH3 is 1. The normalized spacial score (nSPS) is 19.4. The Labute approximate surface area is 153 Å². The molecule has 2 saturated heterocycles. The molecule has 1 aromatic carbocycles. The number of hydrogen-bond acceptors (Lipinski definition) is 5. The van der Waals surface area contributed by atoms with Crippen LogP contribution in [0.3, 0.4) is 0 Å². The lowest BCUT2D eigenvalue weighted by Crippen LogP contribution is -2.53. The fourth-order valence-electron chi connectivity index (χ4n) is 3.36. The molecule has 0 aliphatic carbocycles. The molecule has 2 amide bonds. The molecule has 2 aliphatic heterocycles. The van der Waals surface area contributed by atoms with Gasteiger partial charge in [-0.05, 0) is 26.0 Å². The minimum Gasteiger partial charge on any atom is -0.495 e. The summed E-state index contributed by atoms with van der Waals surface area (Å²) in [5.41, 5.74) is -0.644. The summed E-state index contributed by atoms with van der Waals surface area (Å²) in [5.74, 6) is -0.543. The van der Waals surface area contributed by atoms with E-state index in [1.165, 1.54) is 7.11 Å². The van der Waals surface area contributed by atoms with Crippen molar-refractivity contribution >= 4 is 17.5 Å². The molecule has 0 aromatic heterocycles. The van der Waals surface area contributed by atoms with Crippen LogP contribution in [0.25, 0.3) is 0 Å². The number of carbonyl (C=O) groups is 2. The van der Waals surface area contributed by atoms with E-state index in [1.54, 1.807) is 36.9 Å². The van der Waals surface area contributed by atoms with Gasteiger partial charge in [0.25, 0.3) is 0 Å². The van der Waals surface area contributed by atoms with E-state index < -0.39 is 11.2 Å². The smallest absolute Gasteiger partial charge is 0.239 e. The molecule has 7 heteroatoms. The number of nitrogens with zero attached hydrogens (tertiary/aromatic N) is 1. The van der Waals surface area contributed by atoms with Gasteiger partial charge in [-0.2, -0.15) is 0 Å². The van der Waals surface area contributed by atoms with Crippen LogP contribution in [0.2, 0.25) is 0 Å². The van der Waals surface area contributed by atoms with E-state index in [-0.39, 0.29) is 11.8 Å². The van der Waals surface area contributed by atoms with Crippen molar-refractivity contribution in [3.05, 3.63) is 24.3 Å². The second-order valence-electron chi connectivity index (χ2n) is 7.18. The van der Waals surface area contributed by atoms with E-state index in [2.05, 4.69) is 5.32 Å². The second-order valence-corrected chi connectivity index (χ2v) is 7.18. The van der Waals surface area contributed by atoms with Gasteiger partial charge in [-0.3, -0.25) is 9.59 Å². The monoisotopic (exact) mass is 362 g/mol. The fourth-order valence-corrected chi connectivity index (χ4v) is 3.36. The molecule has 2 fully saturated rings. The first-order valence-electron chi connectivity index (χ1n) is 8.90. The Bertz CT molecular complexity index is 672. The van der Waals surface area contributed by atoms with Crippen molar-refractivity contribution in [2.45, 2.75) is 32.5 Å². The number of piperidine rings is 1.